The third-order valence-electron chi connectivity index (χ3n) is 3.43. The van der Waals surface area contributed by atoms with E-state index < -0.39 is 5.92 Å². The van der Waals surface area contributed by atoms with E-state index in [0.717, 1.165) is 5.57 Å². The number of benzene rings is 1. The van der Waals surface area contributed by atoms with Crippen LogP contribution in [0.2, 0.25) is 0 Å². The predicted molar refractivity (Wildman–Crippen MR) is 102 cm³/mol. The summed E-state index contributed by atoms with van der Waals surface area (Å²) in [6, 6.07) is 8.91. The number of hydrogen-bond acceptors (Lipinski definition) is 3. The molecule has 0 radical (unpaired) electrons. The minimum Gasteiger partial charge on any atom is -0.298 e. The molecule has 0 saturated carbocycles. The van der Waals surface area contributed by atoms with Gasteiger partial charge in [-0.15, -0.1) is 0 Å². The number of carbonyl (C=O) groups excluding carboxylic acids is 2. The molecule has 0 fully saturated rings. The van der Waals surface area contributed by atoms with Crippen molar-refractivity contribution in [3.63, 3.8) is 0 Å². The summed E-state index contributed by atoms with van der Waals surface area (Å²) in [6.45, 7) is 11.5. The van der Waals surface area contributed by atoms with Crippen molar-refractivity contribution in [2.45, 2.75) is 26.7 Å². The molecule has 1 atom stereocenters. The molecule has 1 aliphatic rings. The molecular formula is C20H26O2S. The molecule has 0 spiro atoms. The van der Waals surface area contributed by atoms with Gasteiger partial charge >= 0.3 is 0 Å². The molecule has 0 heterocycles. The zero-order chi connectivity index (χ0) is 17.8. The molecule has 1 aliphatic carbocycles. The van der Waals surface area contributed by atoms with E-state index >= 15 is 0 Å². The van der Waals surface area contributed by atoms with Crippen molar-refractivity contribution >= 4 is 24.2 Å². The fraction of sp³-hybridized carbons (Fsp3) is 0.300. The Morgan fingerprint density at radius 2 is 1.65 bits per heavy atom. The zero-order valence-corrected chi connectivity index (χ0v) is 15.1. The highest BCUT2D eigenvalue weighted by Crippen LogP contribution is 2.31. The van der Waals surface area contributed by atoms with Gasteiger partial charge in [-0.1, -0.05) is 69.5 Å². The Morgan fingerprint density at radius 3 is 2.13 bits per heavy atom. The fourth-order valence-electron chi connectivity index (χ4n) is 2.43. The second kappa shape index (κ2) is 11.7. The van der Waals surface area contributed by atoms with E-state index in [2.05, 4.69) is 25.8 Å². The molecule has 0 amide bonds. The summed E-state index contributed by atoms with van der Waals surface area (Å²) in [7, 11) is 0. The molecule has 2 nitrogen and oxygen atoms in total. The van der Waals surface area contributed by atoms with Crippen LogP contribution in [0.1, 0.15) is 37.0 Å². The number of thiol groups is 1. The minimum atomic E-state index is -0.721. The third kappa shape index (κ3) is 5.36. The van der Waals surface area contributed by atoms with E-state index in [-0.39, 0.29) is 11.6 Å². The van der Waals surface area contributed by atoms with Gasteiger partial charge in [0.25, 0.3) is 0 Å². The average molecular weight is 330 g/mol. The number of ketones is 2. The van der Waals surface area contributed by atoms with Crippen molar-refractivity contribution in [2.24, 2.45) is 5.92 Å². The molecule has 3 heteroatoms. The molecule has 0 bridgehead atoms. The first kappa shape index (κ1) is 21.1. The molecule has 2 rings (SSSR count). The van der Waals surface area contributed by atoms with Crippen molar-refractivity contribution in [3.8, 4) is 0 Å². The standard InChI is InChI=1S/C17H16O2.C2H6.CH4S/c1-3-12-10-11-15(18)16(14(12)4-2)17(19)13-8-6-5-7-9-13;2*1-2/h3-9,16H,1-2,10-11H2;1-2H3;2H,1H3. The Morgan fingerprint density at radius 1 is 1.09 bits per heavy atom. The molecule has 1 unspecified atom stereocenters. The molecule has 0 aromatic heterocycles. The Hall–Kier alpha value is -1.87. The zero-order valence-electron chi connectivity index (χ0n) is 14.2. The van der Waals surface area contributed by atoms with E-state index in [1.54, 1.807) is 42.7 Å². The van der Waals surface area contributed by atoms with Crippen LogP contribution in [-0.2, 0) is 4.79 Å². The van der Waals surface area contributed by atoms with Crippen molar-refractivity contribution in [1.29, 1.82) is 0 Å². The van der Waals surface area contributed by atoms with Crippen molar-refractivity contribution in [2.75, 3.05) is 6.26 Å². The van der Waals surface area contributed by atoms with Crippen LogP contribution < -0.4 is 0 Å². The summed E-state index contributed by atoms with van der Waals surface area (Å²) in [6.07, 6.45) is 6.05. The van der Waals surface area contributed by atoms with Gasteiger partial charge in [0.1, 0.15) is 11.7 Å². The van der Waals surface area contributed by atoms with Crippen molar-refractivity contribution in [1.82, 2.24) is 0 Å². The van der Waals surface area contributed by atoms with Gasteiger partial charge in [0.2, 0.25) is 0 Å². The summed E-state index contributed by atoms with van der Waals surface area (Å²) in [5.41, 5.74) is 2.22. The Labute approximate surface area is 145 Å². The van der Waals surface area contributed by atoms with Crippen LogP contribution in [0.25, 0.3) is 0 Å². The Bertz CT molecular complexity index is 571. The topological polar surface area (TPSA) is 34.1 Å². The molecule has 0 N–H and O–H groups in total. The third-order valence-corrected chi connectivity index (χ3v) is 3.43. The maximum Gasteiger partial charge on any atom is 0.177 e. The smallest absolute Gasteiger partial charge is 0.177 e. The normalized spacial score (nSPS) is 16.3. The predicted octanol–water partition coefficient (Wildman–Crippen LogP) is 5.09. The Kier molecular flexibility index (Phi) is 10.7. The van der Waals surface area contributed by atoms with Crippen molar-refractivity contribution < 1.29 is 9.59 Å². The van der Waals surface area contributed by atoms with E-state index in [1.165, 1.54) is 0 Å². The number of rotatable bonds is 4. The summed E-state index contributed by atoms with van der Waals surface area (Å²) < 4.78 is 0. The molecule has 0 saturated heterocycles. The fourth-order valence-corrected chi connectivity index (χ4v) is 2.43. The highest BCUT2D eigenvalue weighted by Gasteiger charge is 2.33. The quantitative estimate of drug-likeness (QED) is 0.474. The SMILES string of the molecule is C=CC1=C(C=C)C(C(=O)c2ccccc2)C(=O)CC1.CC.CS. The van der Waals surface area contributed by atoms with Crippen molar-refractivity contribution in [3.05, 3.63) is 72.4 Å². The number of hydrogen-bond donors (Lipinski definition) is 1. The molecule has 23 heavy (non-hydrogen) atoms. The van der Waals surface area contributed by atoms with Gasteiger partial charge in [-0.25, -0.2) is 0 Å². The van der Waals surface area contributed by atoms with Crippen LogP contribution in [-0.4, -0.2) is 17.8 Å². The lowest BCUT2D eigenvalue weighted by Crippen LogP contribution is -2.29. The van der Waals surface area contributed by atoms with Crippen LogP contribution in [0, 0.1) is 5.92 Å². The lowest BCUT2D eigenvalue weighted by molar-refractivity contribution is -0.120. The van der Waals surface area contributed by atoms with E-state index in [1.807, 2.05) is 19.9 Å². The maximum atomic E-state index is 12.5. The molecule has 1 aromatic rings. The molecule has 0 aliphatic heterocycles. The molecule has 124 valence electrons. The van der Waals surface area contributed by atoms with Crippen LogP contribution in [0.5, 0.6) is 0 Å². The number of Topliss-reactive ketones (excluding diaryl/α,β-unsaturated/α-hetero) is 2. The van der Waals surface area contributed by atoms with Gasteiger partial charge in [0, 0.05) is 12.0 Å². The minimum absolute atomic E-state index is 0.0330. The highest BCUT2D eigenvalue weighted by atomic mass is 32.1. The van der Waals surface area contributed by atoms with Crippen LogP contribution >= 0.6 is 12.6 Å². The number of allylic oxidation sites excluding steroid dienone is 4. The van der Waals surface area contributed by atoms with Gasteiger partial charge in [0.15, 0.2) is 5.78 Å². The molecular weight excluding hydrogens is 304 g/mol. The van der Waals surface area contributed by atoms with Gasteiger partial charge in [0.05, 0.1) is 0 Å². The van der Waals surface area contributed by atoms with Gasteiger partial charge in [-0.05, 0) is 23.8 Å². The second-order valence-corrected chi connectivity index (χ2v) is 4.52. The lowest BCUT2D eigenvalue weighted by atomic mass is 9.77. The average Bonchev–Trinajstić information content (AvgIpc) is 2.64. The van der Waals surface area contributed by atoms with Gasteiger partial charge in [-0.3, -0.25) is 9.59 Å². The van der Waals surface area contributed by atoms with Gasteiger partial charge in [-0.2, -0.15) is 12.6 Å². The highest BCUT2D eigenvalue weighted by molar-refractivity contribution is 7.79. The summed E-state index contributed by atoms with van der Waals surface area (Å²) >= 11 is 3.53. The summed E-state index contributed by atoms with van der Waals surface area (Å²) in [4.78, 5) is 24.6. The first-order valence-corrected chi connectivity index (χ1v) is 8.63. The first-order valence-electron chi connectivity index (χ1n) is 7.73. The van der Waals surface area contributed by atoms with E-state index in [9.17, 15) is 9.59 Å². The molecule has 1 aromatic carbocycles. The Balaban J connectivity index is 0.00000112. The van der Waals surface area contributed by atoms with Crippen LogP contribution in [0.3, 0.4) is 0 Å². The summed E-state index contributed by atoms with van der Waals surface area (Å²) in [5.74, 6) is -0.907. The van der Waals surface area contributed by atoms with E-state index in [4.69, 9.17) is 0 Å². The second-order valence-electron chi connectivity index (χ2n) is 4.52. The summed E-state index contributed by atoms with van der Waals surface area (Å²) in [5, 5.41) is 0. The monoisotopic (exact) mass is 330 g/mol. The maximum absolute atomic E-state index is 12.5. The van der Waals surface area contributed by atoms with E-state index in [0.29, 0.717) is 24.0 Å². The van der Waals surface area contributed by atoms with Crippen LogP contribution in [0.4, 0.5) is 0 Å². The lowest BCUT2D eigenvalue weighted by Gasteiger charge is -2.23. The van der Waals surface area contributed by atoms with Crippen LogP contribution in [0.15, 0.2) is 66.8 Å². The number of carbonyl (C=O) groups is 2. The largest absolute Gasteiger partial charge is 0.298 e. The van der Waals surface area contributed by atoms with Gasteiger partial charge < -0.3 is 0 Å². The first-order chi connectivity index (χ1) is 11.2.